The smallest absolute Gasteiger partial charge is 0.156 e. The number of rotatable bonds is 6. The molecule has 0 spiro atoms. The lowest BCUT2D eigenvalue weighted by Gasteiger charge is -2.16. The summed E-state index contributed by atoms with van der Waals surface area (Å²) in [6.07, 6.45) is 3.71. The van der Waals surface area contributed by atoms with E-state index in [9.17, 15) is 0 Å². The van der Waals surface area contributed by atoms with Crippen LogP contribution in [0.5, 0.6) is 5.75 Å². The fourth-order valence-electron chi connectivity index (χ4n) is 2.10. The number of benzene rings is 1. The van der Waals surface area contributed by atoms with Crippen molar-refractivity contribution >= 4 is 33.2 Å². The minimum absolute atomic E-state index is 0.377. The van der Waals surface area contributed by atoms with E-state index in [1.807, 2.05) is 31.6 Å². The zero-order valence-electron chi connectivity index (χ0n) is 12.4. The topological polar surface area (TPSA) is 39.1 Å². The van der Waals surface area contributed by atoms with Crippen LogP contribution >= 0.6 is 27.5 Å². The predicted molar refractivity (Wildman–Crippen MR) is 90.3 cm³/mol. The molecule has 0 unspecified atom stereocenters. The average molecular weight is 373 g/mol. The van der Waals surface area contributed by atoms with Gasteiger partial charge in [-0.1, -0.05) is 11.6 Å². The molecule has 0 fully saturated rings. The first-order chi connectivity index (χ1) is 10.0. The number of hydrogen-bond acceptors (Lipinski definition) is 3. The van der Waals surface area contributed by atoms with E-state index < -0.39 is 0 Å². The zero-order valence-corrected chi connectivity index (χ0v) is 14.7. The van der Waals surface area contributed by atoms with Gasteiger partial charge in [-0.3, -0.25) is 0 Å². The highest BCUT2D eigenvalue weighted by Crippen LogP contribution is 2.36. The summed E-state index contributed by atoms with van der Waals surface area (Å²) in [5.41, 5.74) is 1.98. The van der Waals surface area contributed by atoms with Gasteiger partial charge >= 0.3 is 0 Å². The van der Waals surface area contributed by atoms with Crippen molar-refractivity contribution in [2.45, 2.75) is 33.4 Å². The van der Waals surface area contributed by atoms with Gasteiger partial charge in [0.15, 0.2) is 5.75 Å². The van der Waals surface area contributed by atoms with Gasteiger partial charge in [0, 0.05) is 17.3 Å². The number of aromatic nitrogens is 2. The summed E-state index contributed by atoms with van der Waals surface area (Å²) in [6.45, 7) is 7.47. The number of ether oxygens (including phenoxy) is 1. The summed E-state index contributed by atoms with van der Waals surface area (Å²) in [5, 5.41) is 4.03. The van der Waals surface area contributed by atoms with Gasteiger partial charge < -0.3 is 14.6 Å². The second kappa shape index (κ2) is 7.18. The number of hydrogen-bond donors (Lipinski definition) is 1. The Hall–Kier alpha value is -1.20. The standard InChI is InChI=1S/C15H19BrClN3O/c1-4-21-15-13(16)5-11(17)6-14(15)19-8-12-7-18-9-20(12)10(2)3/h5-7,9-10,19H,4,8H2,1-3H3. The molecule has 0 saturated heterocycles. The van der Waals surface area contributed by atoms with E-state index in [2.05, 4.69) is 44.6 Å². The van der Waals surface area contributed by atoms with E-state index in [1.165, 1.54) is 0 Å². The third kappa shape index (κ3) is 3.92. The Morgan fingerprint density at radius 2 is 2.19 bits per heavy atom. The Morgan fingerprint density at radius 3 is 2.86 bits per heavy atom. The van der Waals surface area contributed by atoms with Gasteiger partial charge in [-0.05, 0) is 48.8 Å². The van der Waals surface area contributed by atoms with Crippen LogP contribution in [0.3, 0.4) is 0 Å². The normalized spacial score (nSPS) is 11.0. The van der Waals surface area contributed by atoms with Crippen LogP contribution in [-0.2, 0) is 6.54 Å². The van der Waals surface area contributed by atoms with Crippen molar-refractivity contribution in [3.8, 4) is 5.75 Å². The summed E-state index contributed by atoms with van der Waals surface area (Å²) >= 11 is 9.61. The Balaban J connectivity index is 2.21. The quantitative estimate of drug-likeness (QED) is 0.784. The minimum Gasteiger partial charge on any atom is -0.491 e. The number of nitrogens with one attached hydrogen (secondary N) is 1. The highest BCUT2D eigenvalue weighted by molar-refractivity contribution is 9.10. The van der Waals surface area contributed by atoms with Crippen LogP contribution in [0.1, 0.15) is 32.5 Å². The zero-order chi connectivity index (χ0) is 15.4. The number of nitrogens with zero attached hydrogens (tertiary/aromatic N) is 2. The molecule has 0 saturated carbocycles. The van der Waals surface area contributed by atoms with Gasteiger partial charge in [0.05, 0.1) is 35.3 Å². The van der Waals surface area contributed by atoms with Crippen molar-refractivity contribution in [2.24, 2.45) is 0 Å². The summed E-state index contributed by atoms with van der Waals surface area (Å²) in [6, 6.07) is 4.07. The van der Waals surface area contributed by atoms with E-state index in [1.54, 1.807) is 0 Å². The maximum Gasteiger partial charge on any atom is 0.156 e. The highest BCUT2D eigenvalue weighted by Gasteiger charge is 2.11. The van der Waals surface area contributed by atoms with Crippen molar-refractivity contribution < 1.29 is 4.74 Å². The van der Waals surface area contributed by atoms with Crippen molar-refractivity contribution in [3.63, 3.8) is 0 Å². The summed E-state index contributed by atoms with van der Waals surface area (Å²) in [4.78, 5) is 4.21. The number of imidazole rings is 1. The Morgan fingerprint density at radius 1 is 1.43 bits per heavy atom. The molecule has 0 amide bonds. The van der Waals surface area contributed by atoms with Crippen LogP contribution in [0.4, 0.5) is 5.69 Å². The van der Waals surface area contributed by atoms with Gasteiger partial charge in [0.2, 0.25) is 0 Å². The molecular formula is C15H19BrClN3O. The first-order valence-electron chi connectivity index (χ1n) is 6.89. The maximum absolute atomic E-state index is 6.12. The minimum atomic E-state index is 0.377. The molecule has 1 aromatic carbocycles. The third-order valence-corrected chi connectivity index (χ3v) is 3.87. The molecule has 2 aromatic rings. The molecule has 0 bridgehead atoms. The molecule has 1 N–H and O–H groups in total. The molecule has 4 nitrogen and oxygen atoms in total. The van der Waals surface area contributed by atoms with Gasteiger partial charge in [-0.2, -0.15) is 0 Å². The van der Waals surface area contributed by atoms with Crippen LogP contribution in [0, 0.1) is 0 Å². The molecule has 1 heterocycles. The van der Waals surface area contributed by atoms with Crippen LogP contribution in [-0.4, -0.2) is 16.2 Å². The fraction of sp³-hybridized carbons (Fsp3) is 0.400. The lowest BCUT2D eigenvalue weighted by molar-refractivity contribution is 0.339. The predicted octanol–water partition coefficient (Wildman–Crippen LogP) is 4.89. The molecule has 1 aromatic heterocycles. The van der Waals surface area contributed by atoms with Gasteiger partial charge in [0.25, 0.3) is 0 Å². The molecule has 114 valence electrons. The summed E-state index contributed by atoms with van der Waals surface area (Å²) in [7, 11) is 0. The Kier molecular flexibility index (Phi) is 5.53. The molecule has 0 aliphatic rings. The summed E-state index contributed by atoms with van der Waals surface area (Å²) in [5.74, 6) is 0.775. The van der Waals surface area contributed by atoms with Gasteiger partial charge in [-0.25, -0.2) is 4.98 Å². The molecule has 6 heteroatoms. The Bertz CT molecular complexity index is 613. The first-order valence-corrected chi connectivity index (χ1v) is 8.06. The second-order valence-electron chi connectivity index (χ2n) is 4.94. The average Bonchev–Trinajstić information content (AvgIpc) is 2.88. The van der Waals surface area contributed by atoms with Crippen LogP contribution in [0.15, 0.2) is 29.1 Å². The fourth-order valence-corrected chi connectivity index (χ4v) is 3.03. The van der Waals surface area contributed by atoms with E-state index in [0.29, 0.717) is 24.2 Å². The molecule has 2 rings (SSSR count). The molecule has 0 radical (unpaired) electrons. The van der Waals surface area contributed by atoms with Crippen molar-refractivity contribution in [3.05, 3.63) is 39.8 Å². The van der Waals surface area contributed by atoms with E-state index in [0.717, 1.165) is 21.6 Å². The van der Waals surface area contributed by atoms with Crippen LogP contribution in [0.25, 0.3) is 0 Å². The van der Waals surface area contributed by atoms with Crippen molar-refractivity contribution in [1.29, 1.82) is 0 Å². The molecule has 0 aliphatic carbocycles. The number of halogens is 2. The molecule has 21 heavy (non-hydrogen) atoms. The van der Waals surface area contributed by atoms with Crippen LogP contribution in [0.2, 0.25) is 5.02 Å². The SMILES string of the molecule is CCOc1c(Br)cc(Cl)cc1NCc1cncn1C(C)C. The number of anilines is 1. The van der Waals surface area contributed by atoms with E-state index in [-0.39, 0.29) is 0 Å². The second-order valence-corrected chi connectivity index (χ2v) is 6.23. The van der Waals surface area contributed by atoms with Gasteiger partial charge in [0.1, 0.15) is 0 Å². The third-order valence-electron chi connectivity index (χ3n) is 3.06. The Labute approximate surface area is 138 Å². The van der Waals surface area contributed by atoms with E-state index >= 15 is 0 Å². The van der Waals surface area contributed by atoms with Gasteiger partial charge in [-0.15, -0.1) is 0 Å². The largest absolute Gasteiger partial charge is 0.491 e. The lowest BCUT2D eigenvalue weighted by atomic mass is 10.2. The highest BCUT2D eigenvalue weighted by atomic mass is 79.9. The van der Waals surface area contributed by atoms with Crippen LogP contribution < -0.4 is 10.1 Å². The van der Waals surface area contributed by atoms with Crippen molar-refractivity contribution in [1.82, 2.24) is 9.55 Å². The summed E-state index contributed by atoms with van der Waals surface area (Å²) < 4.78 is 8.66. The first kappa shape index (κ1) is 16.2. The van der Waals surface area contributed by atoms with Crippen molar-refractivity contribution in [2.75, 3.05) is 11.9 Å². The maximum atomic E-state index is 6.12. The molecule has 0 aliphatic heterocycles. The molecule has 0 atom stereocenters. The lowest BCUT2D eigenvalue weighted by Crippen LogP contribution is -2.09. The molecular weight excluding hydrogens is 354 g/mol. The van der Waals surface area contributed by atoms with E-state index in [4.69, 9.17) is 16.3 Å². The monoisotopic (exact) mass is 371 g/mol.